The number of H-pyrrole nitrogens is 1. The van der Waals surface area contributed by atoms with E-state index in [2.05, 4.69) is 58.7 Å². The van der Waals surface area contributed by atoms with Gasteiger partial charge in [-0.15, -0.1) is 0 Å². The zero-order valence-corrected chi connectivity index (χ0v) is 13.5. The summed E-state index contributed by atoms with van der Waals surface area (Å²) >= 11 is 0. The Labute approximate surface area is 145 Å². The second-order valence-electron chi connectivity index (χ2n) is 6.42. The minimum absolute atomic E-state index is 0.272. The number of benzene rings is 2. The second-order valence-corrected chi connectivity index (χ2v) is 6.42. The van der Waals surface area contributed by atoms with Crippen molar-refractivity contribution in [1.29, 1.82) is 0 Å². The number of hydrogen-bond donors (Lipinski definition) is 2. The maximum absolute atomic E-state index is 5.97. The van der Waals surface area contributed by atoms with Crippen molar-refractivity contribution in [2.45, 2.75) is 11.8 Å². The van der Waals surface area contributed by atoms with Crippen molar-refractivity contribution in [1.82, 2.24) is 10.2 Å². The molecule has 5 nitrogen and oxygen atoms in total. The predicted octanol–water partition coefficient (Wildman–Crippen LogP) is 3.28. The van der Waals surface area contributed by atoms with Gasteiger partial charge in [-0.25, -0.2) is 0 Å². The van der Waals surface area contributed by atoms with Crippen LogP contribution in [0.15, 0.2) is 54.6 Å². The zero-order chi connectivity index (χ0) is 16.9. The Balaban J connectivity index is 1.71. The zero-order valence-electron chi connectivity index (χ0n) is 13.5. The molecule has 0 saturated carbocycles. The minimum atomic E-state index is -0.311. The fourth-order valence-corrected chi connectivity index (χ4v) is 3.76. The number of rotatable bonds is 2. The molecule has 0 spiro atoms. The summed E-state index contributed by atoms with van der Waals surface area (Å²) in [5, 5.41) is 7.26. The average molecular weight is 331 g/mol. The number of fused-ring (bicyclic) bond motifs is 2. The van der Waals surface area contributed by atoms with Crippen molar-refractivity contribution in [3.63, 3.8) is 0 Å². The fourth-order valence-electron chi connectivity index (χ4n) is 3.76. The molecule has 1 unspecified atom stereocenters. The highest BCUT2D eigenvalue weighted by atomic mass is 16.7. The average Bonchev–Trinajstić information content (AvgIpc) is 3.28. The maximum Gasteiger partial charge on any atom is 0.231 e. The Hall–Kier alpha value is -3.21. The van der Waals surface area contributed by atoms with Crippen LogP contribution in [0.3, 0.4) is 0 Å². The van der Waals surface area contributed by atoms with Crippen LogP contribution in [0.5, 0.6) is 11.5 Å². The van der Waals surface area contributed by atoms with Crippen molar-refractivity contribution >= 4 is 11.9 Å². The molecule has 0 bridgehead atoms. The third-order valence-corrected chi connectivity index (χ3v) is 5.08. The molecule has 0 amide bonds. The van der Waals surface area contributed by atoms with Crippen LogP contribution in [-0.4, -0.2) is 17.0 Å². The highest BCUT2D eigenvalue weighted by molar-refractivity contribution is 5.70. The van der Waals surface area contributed by atoms with E-state index in [1.165, 1.54) is 5.56 Å². The molecule has 3 N–H and O–H groups in total. The molecule has 2 aromatic carbocycles. The summed E-state index contributed by atoms with van der Waals surface area (Å²) in [6, 6.07) is 16.6. The SMILES string of the molecule is Nc1n[nH]c2c1C=CC(c1ccccc1)(c1ccc3c(c1)OCO3)C2. The number of anilines is 1. The molecule has 0 radical (unpaired) electrons. The van der Waals surface area contributed by atoms with Gasteiger partial charge in [0.2, 0.25) is 6.79 Å². The summed E-state index contributed by atoms with van der Waals surface area (Å²) in [6.07, 6.45) is 5.04. The Bertz CT molecular complexity index is 978. The van der Waals surface area contributed by atoms with E-state index in [-0.39, 0.29) is 12.2 Å². The summed E-state index contributed by atoms with van der Waals surface area (Å²) in [4.78, 5) is 0. The van der Waals surface area contributed by atoms with E-state index in [1.807, 2.05) is 12.1 Å². The van der Waals surface area contributed by atoms with Gasteiger partial charge in [0.1, 0.15) is 0 Å². The first-order valence-corrected chi connectivity index (χ1v) is 8.24. The van der Waals surface area contributed by atoms with Crippen LogP contribution in [0, 0.1) is 0 Å². The largest absolute Gasteiger partial charge is 0.454 e. The van der Waals surface area contributed by atoms with E-state index >= 15 is 0 Å². The highest BCUT2D eigenvalue weighted by Gasteiger charge is 2.37. The minimum Gasteiger partial charge on any atom is -0.454 e. The van der Waals surface area contributed by atoms with Crippen LogP contribution in [0.1, 0.15) is 22.4 Å². The van der Waals surface area contributed by atoms with Crippen LogP contribution >= 0.6 is 0 Å². The van der Waals surface area contributed by atoms with Crippen molar-refractivity contribution < 1.29 is 9.47 Å². The molecule has 124 valence electrons. The third-order valence-electron chi connectivity index (χ3n) is 5.08. The van der Waals surface area contributed by atoms with Crippen LogP contribution in [0.25, 0.3) is 6.08 Å². The first-order valence-electron chi connectivity index (χ1n) is 8.24. The van der Waals surface area contributed by atoms with E-state index in [1.54, 1.807) is 0 Å². The maximum atomic E-state index is 5.97. The number of hydrogen-bond acceptors (Lipinski definition) is 4. The third kappa shape index (κ3) is 2.05. The van der Waals surface area contributed by atoms with Crippen LogP contribution in [0.4, 0.5) is 5.82 Å². The van der Waals surface area contributed by atoms with Gasteiger partial charge in [0.25, 0.3) is 0 Å². The van der Waals surface area contributed by atoms with Crippen molar-refractivity contribution in [2.24, 2.45) is 0 Å². The molecular formula is C20H17N3O2. The quantitative estimate of drug-likeness (QED) is 0.756. The van der Waals surface area contributed by atoms with Gasteiger partial charge in [0, 0.05) is 23.1 Å². The number of nitrogens with one attached hydrogen (secondary N) is 1. The molecule has 2 heterocycles. The highest BCUT2D eigenvalue weighted by Crippen LogP contribution is 2.45. The standard InChI is InChI=1S/C20H17N3O2/c21-19-15-8-9-20(11-16(15)22-23-19,13-4-2-1-3-5-13)14-6-7-17-18(10-14)25-12-24-17/h1-10H,11-12H2,(H3,21,22,23). The fraction of sp³-hybridized carbons (Fsp3) is 0.150. The molecule has 5 rings (SSSR count). The normalized spacial score (nSPS) is 20.5. The lowest BCUT2D eigenvalue weighted by molar-refractivity contribution is 0.174. The number of nitrogens with zero attached hydrogens (tertiary/aromatic N) is 1. The molecule has 1 aliphatic carbocycles. The van der Waals surface area contributed by atoms with Crippen LogP contribution in [-0.2, 0) is 11.8 Å². The van der Waals surface area contributed by atoms with Gasteiger partial charge in [0.15, 0.2) is 17.3 Å². The molecular weight excluding hydrogens is 314 g/mol. The summed E-state index contributed by atoms with van der Waals surface area (Å²) in [5.41, 5.74) is 10.0. The molecule has 25 heavy (non-hydrogen) atoms. The lowest BCUT2D eigenvalue weighted by Gasteiger charge is -2.34. The lowest BCUT2D eigenvalue weighted by atomic mass is 9.68. The van der Waals surface area contributed by atoms with E-state index in [9.17, 15) is 0 Å². The molecule has 0 saturated heterocycles. The van der Waals surface area contributed by atoms with Crippen molar-refractivity contribution in [3.05, 3.63) is 77.0 Å². The first kappa shape index (κ1) is 14.2. The number of aromatic nitrogens is 2. The second kappa shape index (κ2) is 5.14. The molecule has 1 aromatic heterocycles. The number of aromatic amines is 1. The van der Waals surface area contributed by atoms with Gasteiger partial charge in [-0.2, -0.15) is 5.10 Å². The molecule has 1 atom stereocenters. The molecule has 3 aromatic rings. The Morgan fingerprint density at radius 3 is 2.72 bits per heavy atom. The lowest BCUT2D eigenvalue weighted by Crippen LogP contribution is -2.30. The van der Waals surface area contributed by atoms with Gasteiger partial charge in [-0.1, -0.05) is 48.6 Å². The molecule has 2 aliphatic rings. The molecule has 0 fully saturated rings. The number of nitrogen functional groups attached to an aromatic ring is 1. The van der Waals surface area contributed by atoms with Crippen molar-refractivity contribution in [2.75, 3.05) is 12.5 Å². The molecule has 1 aliphatic heterocycles. The molecule has 5 heteroatoms. The van der Waals surface area contributed by atoms with Gasteiger partial charge >= 0.3 is 0 Å². The smallest absolute Gasteiger partial charge is 0.231 e. The summed E-state index contributed by atoms with van der Waals surface area (Å²) < 4.78 is 11.1. The van der Waals surface area contributed by atoms with Gasteiger partial charge < -0.3 is 15.2 Å². The van der Waals surface area contributed by atoms with Crippen LogP contribution < -0.4 is 15.2 Å². The topological polar surface area (TPSA) is 73.2 Å². The Morgan fingerprint density at radius 2 is 1.84 bits per heavy atom. The number of nitrogens with two attached hydrogens (primary N) is 1. The Kier molecular flexibility index (Phi) is 2.91. The number of ether oxygens (including phenoxy) is 2. The van der Waals surface area contributed by atoms with Crippen LogP contribution in [0.2, 0.25) is 0 Å². The number of allylic oxidation sites excluding steroid dienone is 1. The van der Waals surface area contributed by atoms with E-state index in [0.717, 1.165) is 34.7 Å². The van der Waals surface area contributed by atoms with E-state index in [4.69, 9.17) is 15.2 Å². The summed E-state index contributed by atoms with van der Waals surface area (Å²) in [7, 11) is 0. The monoisotopic (exact) mass is 331 g/mol. The summed E-state index contributed by atoms with van der Waals surface area (Å²) in [6.45, 7) is 0.272. The van der Waals surface area contributed by atoms with Gasteiger partial charge in [-0.3, -0.25) is 5.10 Å². The predicted molar refractivity (Wildman–Crippen MR) is 95.5 cm³/mol. The van der Waals surface area contributed by atoms with Crippen molar-refractivity contribution in [3.8, 4) is 11.5 Å². The van der Waals surface area contributed by atoms with Gasteiger partial charge in [-0.05, 0) is 23.3 Å². The first-order chi connectivity index (χ1) is 12.3. The van der Waals surface area contributed by atoms with E-state index < -0.39 is 0 Å². The summed E-state index contributed by atoms with van der Waals surface area (Å²) in [5.74, 6) is 2.12. The Morgan fingerprint density at radius 1 is 1.00 bits per heavy atom. The van der Waals surface area contributed by atoms with E-state index in [0.29, 0.717) is 5.82 Å². The van der Waals surface area contributed by atoms with Gasteiger partial charge in [0.05, 0.1) is 0 Å².